The third kappa shape index (κ3) is 5.58. The fourth-order valence-corrected chi connectivity index (χ4v) is 3.96. The predicted molar refractivity (Wildman–Crippen MR) is 115 cm³/mol. The van der Waals surface area contributed by atoms with Gasteiger partial charge >= 0.3 is 0 Å². The first-order valence-corrected chi connectivity index (χ1v) is 10.7. The Labute approximate surface area is 190 Å². The Kier molecular flexibility index (Phi) is 8.46. The van der Waals surface area contributed by atoms with Crippen molar-refractivity contribution in [3.8, 4) is 5.75 Å². The SMILES string of the molecule is C[C@@H](O)[C@H]1O[C@@H](Oc2cc(CO)cc(Cl)c2Cc2ccc(CCF)cc2)[C@H](O)[C@@H](O)[C@@H]1O. The molecule has 176 valence electrons. The smallest absolute Gasteiger partial charge is 0.229 e. The molecule has 5 N–H and O–H groups in total. The highest BCUT2D eigenvalue weighted by atomic mass is 35.5. The molecule has 2 aromatic rings. The highest BCUT2D eigenvalue weighted by molar-refractivity contribution is 6.31. The molecule has 0 spiro atoms. The van der Waals surface area contributed by atoms with Crippen LogP contribution in [0.1, 0.15) is 29.2 Å². The maximum Gasteiger partial charge on any atom is 0.229 e. The third-order valence-corrected chi connectivity index (χ3v) is 5.85. The van der Waals surface area contributed by atoms with Crippen LogP contribution in [0.15, 0.2) is 36.4 Å². The van der Waals surface area contributed by atoms with E-state index in [0.29, 0.717) is 29.0 Å². The standard InChI is InChI=1S/C23H28ClFO7/c1-12(27)22-20(29)19(28)21(30)23(32-22)31-18-10-15(11-26)9-17(24)16(18)8-14-4-2-13(3-5-14)6-7-25/h2-5,9-10,12,19-23,26-30H,6-8,11H2,1H3/t12-,19+,20+,21-,22-,23-/m1/s1. The molecule has 32 heavy (non-hydrogen) atoms. The molecule has 0 aliphatic carbocycles. The zero-order valence-corrected chi connectivity index (χ0v) is 18.3. The maximum absolute atomic E-state index is 12.6. The summed E-state index contributed by atoms with van der Waals surface area (Å²) in [4.78, 5) is 0. The predicted octanol–water partition coefficient (Wildman–Crippen LogP) is 1.50. The molecule has 0 unspecified atom stereocenters. The van der Waals surface area contributed by atoms with Gasteiger partial charge in [0.15, 0.2) is 0 Å². The third-order valence-electron chi connectivity index (χ3n) is 5.51. The van der Waals surface area contributed by atoms with Crippen LogP contribution in [0, 0.1) is 0 Å². The van der Waals surface area contributed by atoms with E-state index >= 15 is 0 Å². The van der Waals surface area contributed by atoms with Gasteiger partial charge in [0, 0.05) is 23.4 Å². The lowest BCUT2D eigenvalue weighted by molar-refractivity contribution is -0.286. The van der Waals surface area contributed by atoms with Crippen LogP contribution in [-0.2, 0) is 24.2 Å². The Morgan fingerprint density at radius 1 is 1.03 bits per heavy atom. The molecule has 6 atom stereocenters. The van der Waals surface area contributed by atoms with Gasteiger partial charge in [-0.15, -0.1) is 0 Å². The van der Waals surface area contributed by atoms with E-state index in [2.05, 4.69) is 0 Å². The fourth-order valence-electron chi connectivity index (χ4n) is 3.66. The number of aliphatic hydroxyl groups excluding tert-OH is 5. The molecule has 0 saturated carbocycles. The van der Waals surface area contributed by atoms with E-state index in [0.717, 1.165) is 11.1 Å². The minimum atomic E-state index is -1.60. The number of alkyl halides is 1. The van der Waals surface area contributed by atoms with Gasteiger partial charge in [-0.2, -0.15) is 0 Å². The number of aliphatic hydroxyl groups is 5. The summed E-state index contributed by atoms with van der Waals surface area (Å²) in [6.07, 6.45) is -7.74. The summed E-state index contributed by atoms with van der Waals surface area (Å²) in [5.41, 5.74) is 2.75. The zero-order valence-electron chi connectivity index (χ0n) is 17.6. The van der Waals surface area contributed by atoms with Crippen molar-refractivity contribution in [2.75, 3.05) is 6.67 Å². The maximum atomic E-state index is 12.6. The number of benzene rings is 2. The zero-order chi connectivity index (χ0) is 23.4. The van der Waals surface area contributed by atoms with Gasteiger partial charge in [-0.05, 0) is 35.7 Å². The van der Waals surface area contributed by atoms with Crippen molar-refractivity contribution in [1.82, 2.24) is 0 Å². The van der Waals surface area contributed by atoms with Crippen molar-refractivity contribution in [2.24, 2.45) is 0 Å². The lowest BCUT2D eigenvalue weighted by atomic mass is 9.96. The van der Waals surface area contributed by atoms with Crippen LogP contribution in [0.3, 0.4) is 0 Å². The number of rotatable bonds is 8. The van der Waals surface area contributed by atoms with Crippen LogP contribution in [-0.4, -0.2) is 69.0 Å². The van der Waals surface area contributed by atoms with Crippen LogP contribution in [0.5, 0.6) is 5.75 Å². The van der Waals surface area contributed by atoms with E-state index in [4.69, 9.17) is 21.1 Å². The molecule has 1 saturated heterocycles. The van der Waals surface area contributed by atoms with Gasteiger partial charge in [-0.25, -0.2) is 0 Å². The van der Waals surface area contributed by atoms with E-state index in [-0.39, 0.29) is 12.4 Å². The van der Waals surface area contributed by atoms with E-state index in [1.807, 2.05) is 24.3 Å². The Morgan fingerprint density at radius 3 is 2.28 bits per heavy atom. The molecule has 0 bridgehead atoms. The Morgan fingerprint density at radius 2 is 1.69 bits per heavy atom. The molecular weight excluding hydrogens is 443 g/mol. The summed E-state index contributed by atoms with van der Waals surface area (Å²) in [5, 5.41) is 50.4. The fraction of sp³-hybridized carbons (Fsp3) is 0.478. The summed E-state index contributed by atoms with van der Waals surface area (Å²) < 4.78 is 23.9. The highest BCUT2D eigenvalue weighted by Crippen LogP contribution is 2.34. The molecule has 1 heterocycles. The minimum Gasteiger partial charge on any atom is -0.462 e. The number of halogens is 2. The average molecular weight is 471 g/mol. The number of hydrogen-bond acceptors (Lipinski definition) is 7. The first-order valence-electron chi connectivity index (χ1n) is 10.4. The van der Waals surface area contributed by atoms with Crippen LogP contribution >= 0.6 is 11.6 Å². The summed E-state index contributed by atoms with van der Waals surface area (Å²) in [6, 6.07) is 10.5. The Balaban J connectivity index is 1.90. The van der Waals surface area contributed by atoms with E-state index < -0.39 is 43.5 Å². The van der Waals surface area contributed by atoms with Gasteiger partial charge in [-0.1, -0.05) is 35.9 Å². The molecule has 1 aliphatic heterocycles. The summed E-state index contributed by atoms with van der Waals surface area (Å²) in [6.45, 7) is 0.639. The minimum absolute atomic E-state index is 0.214. The van der Waals surface area contributed by atoms with E-state index in [9.17, 15) is 29.9 Å². The van der Waals surface area contributed by atoms with Gasteiger partial charge in [0.1, 0.15) is 30.2 Å². The van der Waals surface area contributed by atoms with Crippen LogP contribution in [0.25, 0.3) is 0 Å². The molecule has 1 fully saturated rings. The normalized spacial score (nSPS) is 26.7. The lowest BCUT2D eigenvalue weighted by Crippen LogP contribution is -2.61. The van der Waals surface area contributed by atoms with Crippen LogP contribution in [0.2, 0.25) is 5.02 Å². The van der Waals surface area contributed by atoms with E-state index in [1.165, 1.54) is 6.92 Å². The first-order chi connectivity index (χ1) is 15.2. The second-order valence-electron chi connectivity index (χ2n) is 7.94. The molecule has 0 aromatic heterocycles. The van der Waals surface area contributed by atoms with Crippen molar-refractivity contribution >= 4 is 11.6 Å². The topological polar surface area (TPSA) is 120 Å². The van der Waals surface area contributed by atoms with Crippen molar-refractivity contribution < 1.29 is 39.4 Å². The van der Waals surface area contributed by atoms with Crippen LogP contribution in [0.4, 0.5) is 4.39 Å². The molecule has 3 rings (SSSR count). The molecule has 0 radical (unpaired) electrons. The monoisotopic (exact) mass is 470 g/mol. The van der Waals surface area contributed by atoms with Crippen molar-refractivity contribution in [3.05, 3.63) is 63.7 Å². The van der Waals surface area contributed by atoms with Gasteiger partial charge in [0.2, 0.25) is 6.29 Å². The van der Waals surface area contributed by atoms with Gasteiger partial charge < -0.3 is 35.0 Å². The number of aryl methyl sites for hydroxylation is 1. The molecule has 1 aliphatic rings. The first kappa shape index (κ1) is 24.9. The highest BCUT2D eigenvalue weighted by Gasteiger charge is 2.46. The largest absolute Gasteiger partial charge is 0.462 e. The van der Waals surface area contributed by atoms with E-state index in [1.54, 1.807) is 12.1 Å². The summed E-state index contributed by atoms with van der Waals surface area (Å²) in [7, 11) is 0. The average Bonchev–Trinajstić information content (AvgIpc) is 2.77. The summed E-state index contributed by atoms with van der Waals surface area (Å²) in [5.74, 6) is 0.214. The molecule has 2 aromatic carbocycles. The van der Waals surface area contributed by atoms with Crippen molar-refractivity contribution in [3.63, 3.8) is 0 Å². The second kappa shape index (κ2) is 10.9. The van der Waals surface area contributed by atoms with Crippen LogP contribution < -0.4 is 4.74 Å². The Bertz CT molecular complexity index is 893. The van der Waals surface area contributed by atoms with Crippen molar-refractivity contribution in [1.29, 1.82) is 0 Å². The molecular formula is C23H28ClFO7. The number of hydrogen-bond donors (Lipinski definition) is 5. The summed E-state index contributed by atoms with van der Waals surface area (Å²) >= 11 is 6.46. The number of ether oxygens (including phenoxy) is 2. The van der Waals surface area contributed by atoms with Gasteiger partial charge in [0.05, 0.1) is 19.4 Å². The quantitative estimate of drug-likeness (QED) is 0.396. The van der Waals surface area contributed by atoms with Crippen molar-refractivity contribution in [2.45, 2.75) is 63.2 Å². The lowest BCUT2D eigenvalue weighted by Gasteiger charge is -2.41. The molecule has 7 nitrogen and oxygen atoms in total. The van der Waals surface area contributed by atoms with Gasteiger partial charge in [-0.3, -0.25) is 4.39 Å². The second-order valence-corrected chi connectivity index (χ2v) is 8.35. The molecule has 9 heteroatoms. The van der Waals surface area contributed by atoms with Gasteiger partial charge in [0.25, 0.3) is 0 Å². The molecule has 0 amide bonds. The Hall–Kier alpha value is -1.78.